The minimum atomic E-state index is -0.0387. The molecule has 1 saturated heterocycles. The molecule has 0 aromatic carbocycles. The molecule has 23 heavy (non-hydrogen) atoms. The molecule has 1 amide bonds. The van der Waals surface area contributed by atoms with E-state index in [1.54, 1.807) is 24.5 Å². The topological polar surface area (TPSA) is 68.2 Å². The Hall–Kier alpha value is -2.50. The molecule has 1 unspecified atom stereocenters. The van der Waals surface area contributed by atoms with Gasteiger partial charge in [-0.1, -0.05) is 0 Å². The van der Waals surface area contributed by atoms with Crippen molar-refractivity contribution in [2.24, 2.45) is 0 Å². The average Bonchev–Trinajstić information content (AvgIpc) is 2.54. The quantitative estimate of drug-likeness (QED) is 0.869. The number of piperidine rings is 1. The van der Waals surface area contributed by atoms with Crippen LogP contribution in [0.15, 0.2) is 30.6 Å². The van der Waals surface area contributed by atoms with Gasteiger partial charge in [-0.3, -0.25) is 9.78 Å². The van der Waals surface area contributed by atoms with Crippen LogP contribution < -0.4 is 4.74 Å². The number of hydrogen-bond acceptors (Lipinski definition) is 5. The Kier molecular flexibility index (Phi) is 4.50. The number of pyridine rings is 1. The van der Waals surface area contributed by atoms with E-state index in [4.69, 9.17) is 4.74 Å². The van der Waals surface area contributed by atoms with Gasteiger partial charge >= 0.3 is 0 Å². The number of likely N-dealkylation sites (tertiary alicyclic amines) is 1. The second-order valence-corrected chi connectivity index (χ2v) is 5.76. The van der Waals surface area contributed by atoms with Crippen molar-refractivity contribution in [2.45, 2.75) is 32.8 Å². The molecule has 1 atom stereocenters. The van der Waals surface area contributed by atoms with Crippen LogP contribution in [0.25, 0.3) is 0 Å². The summed E-state index contributed by atoms with van der Waals surface area (Å²) < 4.78 is 5.98. The molecule has 1 aliphatic rings. The lowest BCUT2D eigenvalue weighted by Crippen LogP contribution is -2.44. The van der Waals surface area contributed by atoms with Crippen LogP contribution in [0.4, 0.5) is 0 Å². The van der Waals surface area contributed by atoms with Crippen molar-refractivity contribution < 1.29 is 9.53 Å². The summed E-state index contributed by atoms with van der Waals surface area (Å²) in [5.74, 6) is 1.30. The van der Waals surface area contributed by atoms with Crippen molar-refractivity contribution in [3.63, 3.8) is 0 Å². The fourth-order valence-corrected chi connectivity index (χ4v) is 2.81. The largest absolute Gasteiger partial charge is 0.472 e. The zero-order valence-electron chi connectivity index (χ0n) is 13.4. The number of aromatic nitrogens is 3. The zero-order chi connectivity index (χ0) is 16.2. The van der Waals surface area contributed by atoms with Gasteiger partial charge in [-0.15, -0.1) is 0 Å². The highest BCUT2D eigenvalue weighted by molar-refractivity contribution is 5.94. The second-order valence-electron chi connectivity index (χ2n) is 5.76. The molecule has 1 fully saturated rings. The predicted octanol–water partition coefficient (Wildman–Crippen LogP) is 2.17. The second kappa shape index (κ2) is 6.73. The maximum absolute atomic E-state index is 12.5. The molecule has 0 N–H and O–H groups in total. The molecule has 120 valence electrons. The van der Waals surface area contributed by atoms with E-state index in [0.717, 1.165) is 25.1 Å². The van der Waals surface area contributed by atoms with Crippen molar-refractivity contribution in [1.29, 1.82) is 0 Å². The summed E-state index contributed by atoms with van der Waals surface area (Å²) >= 11 is 0. The Morgan fingerprint density at radius 3 is 2.78 bits per heavy atom. The molecule has 2 aromatic heterocycles. The number of carbonyl (C=O) groups excluding carboxylic acids is 1. The van der Waals surface area contributed by atoms with E-state index < -0.39 is 0 Å². The minimum absolute atomic E-state index is 0.0238. The summed E-state index contributed by atoms with van der Waals surface area (Å²) in [6.07, 6.45) is 5.07. The van der Waals surface area contributed by atoms with Crippen LogP contribution in [0, 0.1) is 13.8 Å². The van der Waals surface area contributed by atoms with Gasteiger partial charge < -0.3 is 9.64 Å². The van der Waals surface area contributed by atoms with Gasteiger partial charge in [0.25, 0.3) is 5.91 Å². The monoisotopic (exact) mass is 312 g/mol. The van der Waals surface area contributed by atoms with Gasteiger partial charge in [0.1, 0.15) is 11.9 Å². The van der Waals surface area contributed by atoms with E-state index in [1.807, 2.05) is 24.8 Å². The van der Waals surface area contributed by atoms with E-state index in [1.165, 1.54) is 0 Å². The smallest absolute Gasteiger partial charge is 0.254 e. The summed E-state index contributed by atoms with van der Waals surface area (Å²) in [6.45, 7) is 5.09. The SMILES string of the molecule is Cc1cc(OC2CCCN(C(=O)c3ccncc3)C2)nc(C)n1. The molecule has 2 aromatic rings. The number of hydrogen-bond donors (Lipinski definition) is 0. The van der Waals surface area contributed by atoms with Crippen molar-refractivity contribution in [3.05, 3.63) is 47.7 Å². The van der Waals surface area contributed by atoms with Crippen LogP contribution in [0.3, 0.4) is 0 Å². The first kappa shape index (κ1) is 15.4. The highest BCUT2D eigenvalue weighted by Crippen LogP contribution is 2.19. The third kappa shape index (κ3) is 3.83. The maximum atomic E-state index is 12.5. The van der Waals surface area contributed by atoms with Gasteiger partial charge in [-0.05, 0) is 38.8 Å². The molecule has 0 radical (unpaired) electrons. The number of amides is 1. The van der Waals surface area contributed by atoms with Crippen LogP contribution in [-0.2, 0) is 0 Å². The number of rotatable bonds is 3. The molecule has 3 heterocycles. The van der Waals surface area contributed by atoms with Crippen molar-refractivity contribution in [3.8, 4) is 5.88 Å². The van der Waals surface area contributed by atoms with Crippen LogP contribution in [0.5, 0.6) is 5.88 Å². The summed E-state index contributed by atoms with van der Waals surface area (Å²) in [4.78, 5) is 26.9. The van der Waals surface area contributed by atoms with Crippen molar-refractivity contribution in [1.82, 2.24) is 19.9 Å². The van der Waals surface area contributed by atoms with Crippen LogP contribution >= 0.6 is 0 Å². The standard InChI is InChI=1S/C17H20N4O2/c1-12-10-16(20-13(2)19-12)23-15-4-3-9-21(11-15)17(22)14-5-7-18-8-6-14/h5-8,10,15H,3-4,9,11H2,1-2H3. The minimum Gasteiger partial charge on any atom is -0.472 e. The molecule has 0 saturated carbocycles. The number of aryl methyl sites for hydroxylation is 2. The normalized spacial score (nSPS) is 17.8. The molecule has 3 rings (SSSR count). The molecular formula is C17H20N4O2. The van der Waals surface area contributed by atoms with Gasteiger partial charge in [0, 0.05) is 36.3 Å². The Morgan fingerprint density at radius 2 is 2.04 bits per heavy atom. The van der Waals surface area contributed by atoms with Crippen molar-refractivity contribution in [2.75, 3.05) is 13.1 Å². The molecule has 0 bridgehead atoms. The van der Waals surface area contributed by atoms with Crippen LogP contribution in [-0.4, -0.2) is 45.0 Å². The van der Waals surface area contributed by atoms with Gasteiger partial charge in [0.2, 0.25) is 5.88 Å². The highest BCUT2D eigenvalue weighted by Gasteiger charge is 2.26. The van der Waals surface area contributed by atoms with E-state index in [2.05, 4.69) is 15.0 Å². The summed E-state index contributed by atoms with van der Waals surface area (Å²) in [5.41, 5.74) is 1.54. The first-order valence-electron chi connectivity index (χ1n) is 7.80. The zero-order valence-corrected chi connectivity index (χ0v) is 13.4. The van der Waals surface area contributed by atoms with E-state index in [-0.39, 0.29) is 12.0 Å². The summed E-state index contributed by atoms with van der Waals surface area (Å²) in [5, 5.41) is 0. The first-order valence-corrected chi connectivity index (χ1v) is 7.80. The van der Waals surface area contributed by atoms with E-state index >= 15 is 0 Å². The van der Waals surface area contributed by atoms with E-state index in [0.29, 0.717) is 23.8 Å². The first-order chi connectivity index (χ1) is 11.1. The summed E-state index contributed by atoms with van der Waals surface area (Å²) in [7, 11) is 0. The Balaban J connectivity index is 1.67. The lowest BCUT2D eigenvalue weighted by Gasteiger charge is -2.32. The van der Waals surface area contributed by atoms with Gasteiger partial charge in [-0.2, -0.15) is 4.98 Å². The van der Waals surface area contributed by atoms with Gasteiger partial charge in [-0.25, -0.2) is 4.98 Å². The van der Waals surface area contributed by atoms with E-state index in [9.17, 15) is 4.79 Å². The predicted molar refractivity (Wildman–Crippen MR) is 85.3 cm³/mol. The molecular weight excluding hydrogens is 292 g/mol. The maximum Gasteiger partial charge on any atom is 0.254 e. The third-order valence-corrected chi connectivity index (χ3v) is 3.82. The van der Waals surface area contributed by atoms with Crippen molar-refractivity contribution >= 4 is 5.91 Å². The van der Waals surface area contributed by atoms with Gasteiger partial charge in [0.05, 0.1) is 6.54 Å². The third-order valence-electron chi connectivity index (χ3n) is 3.82. The lowest BCUT2D eigenvalue weighted by molar-refractivity contribution is 0.0526. The number of ether oxygens (including phenoxy) is 1. The van der Waals surface area contributed by atoms with Gasteiger partial charge in [0.15, 0.2) is 0 Å². The fourth-order valence-electron chi connectivity index (χ4n) is 2.81. The number of carbonyl (C=O) groups is 1. The highest BCUT2D eigenvalue weighted by atomic mass is 16.5. The summed E-state index contributed by atoms with van der Waals surface area (Å²) in [6, 6.07) is 5.31. The lowest BCUT2D eigenvalue weighted by atomic mass is 10.1. The Labute approximate surface area is 135 Å². The fraction of sp³-hybridized carbons (Fsp3) is 0.412. The van der Waals surface area contributed by atoms with Crippen LogP contribution in [0.2, 0.25) is 0 Å². The van der Waals surface area contributed by atoms with Crippen LogP contribution in [0.1, 0.15) is 34.7 Å². The Morgan fingerprint density at radius 1 is 1.26 bits per heavy atom. The number of nitrogens with zero attached hydrogens (tertiary/aromatic N) is 4. The molecule has 6 nitrogen and oxygen atoms in total. The Bertz CT molecular complexity index is 670. The molecule has 0 aliphatic carbocycles. The molecule has 6 heteroatoms. The molecule has 1 aliphatic heterocycles. The molecule has 0 spiro atoms. The average molecular weight is 312 g/mol.